The maximum Gasteiger partial charge on any atom is 0.0957 e. The third kappa shape index (κ3) is 2.53. The van der Waals surface area contributed by atoms with Crippen LogP contribution < -0.4 is 5.73 Å². The SMILES string of the molecule is CCOC(CN)c1cc(C)sc1C. The summed E-state index contributed by atoms with van der Waals surface area (Å²) >= 11 is 1.80. The Morgan fingerprint density at radius 1 is 1.54 bits per heavy atom. The zero-order valence-electron chi connectivity index (χ0n) is 8.46. The minimum absolute atomic E-state index is 0.0787. The summed E-state index contributed by atoms with van der Waals surface area (Å²) < 4.78 is 5.55. The molecule has 74 valence electrons. The van der Waals surface area contributed by atoms with E-state index in [-0.39, 0.29) is 6.10 Å². The molecule has 0 radical (unpaired) electrons. The molecule has 0 aliphatic rings. The fourth-order valence-corrected chi connectivity index (χ4v) is 2.43. The molecular weight excluding hydrogens is 182 g/mol. The summed E-state index contributed by atoms with van der Waals surface area (Å²) in [5, 5.41) is 0. The lowest BCUT2D eigenvalue weighted by atomic mass is 10.1. The van der Waals surface area contributed by atoms with E-state index in [0.717, 1.165) is 6.61 Å². The van der Waals surface area contributed by atoms with Crippen molar-refractivity contribution < 1.29 is 4.74 Å². The number of thiophene rings is 1. The van der Waals surface area contributed by atoms with Crippen LogP contribution in [0.4, 0.5) is 0 Å². The number of nitrogens with two attached hydrogens (primary N) is 1. The van der Waals surface area contributed by atoms with E-state index in [0.29, 0.717) is 6.54 Å². The summed E-state index contributed by atoms with van der Waals surface area (Å²) in [6.45, 7) is 7.51. The van der Waals surface area contributed by atoms with E-state index < -0.39 is 0 Å². The number of rotatable bonds is 4. The van der Waals surface area contributed by atoms with Gasteiger partial charge in [0.25, 0.3) is 0 Å². The predicted molar refractivity (Wildman–Crippen MR) is 57.2 cm³/mol. The molecule has 1 aromatic heterocycles. The third-order valence-electron chi connectivity index (χ3n) is 2.01. The number of hydrogen-bond acceptors (Lipinski definition) is 3. The quantitative estimate of drug-likeness (QED) is 0.808. The minimum Gasteiger partial charge on any atom is -0.372 e. The van der Waals surface area contributed by atoms with Crippen LogP contribution in [0.25, 0.3) is 0 Å². The lowest BCUT2D eigenvalue weighted by Crippen LogP contribution is -2.15. The fourth-order valence-electron chi connectivity index (χ4n) is 1.46. The zero-order valence-corrected chi connectivity index (χ0v) is 9.28. The molecule has 1 aromatic rings. The topological polar surface area (TPSA) is 35.2 Å². The van der Waals surface area contributed by atoms with E-state index in [2.05, 4.69) is 19.9 Å². The second-order valence-corrected chi connectivity index (χ2v) is 4.51. The van der Waals surface area contributed by atoms with Crippen molar-refractivity contribution in [2.75, 3.05) is 13.2 Å². The van der Waals surface area contributed by atoms with Crippen molar-refractivity contribution >= 4 is 11.3 Å². The minimum atomic E-state index is 0.0787. The van der Waals surface area contributed by atoms with Gasteiger partial charge in [-0.05, 0) is 32.4 Å². The molecule has 2 N–H and O–H groups in total. The first-order valence-corrected chi connectivity index (χ1v) is 5.39. The first-order chi connectivity index (χ1) is 6.19. The standard InChI is InChI=1S/C10H17NOS/c1-4-12-10(6-11)9-5-7(2)13-8(9)3/h5,10H,4,6,11H2,1-3H3. The molecule has 3 heteroatoms. The van der Waals surface area contributed by atoms with Crippen LogP contribution in [0.5, 0.6) is 0 Å². The second-order valence-electron chi connectivity index (χ2n) is 3.05. The normalized spacial score (nSPS) is 13.2. The molecule has 0 aromatic carbocycles. The van der Waals surface area contributed by atoms with Gasteiger partial charge in [-0.1, -0.05) is 0 Å². The molecule has 0 amide bonds. The summed E-state index contributed by atoms with van der Waals surface area (Å²) in [4.78, 5) is 2.65. The number of aryl methyl sites for hydroxylation is 2. The van der Waals surface area contributed by atoms with E-state index >= 15 is 0 Å². The molecule has 1 heterocycles. The van der Waals surface area contributed by atoms with Crippen LogP contribution in [0.2, 0.25) is 0 Å². The molecule has 0 bridgehead atoms. The summed E-state index contributed by atoms with van der Waals surface area (Å²) in [5.41, 5.74) is 6.90. The Balaban J connectivity index is 2.83. The Bertz CT molecular complexity index is 270. The molecular formula is C10H17NOS. The lowest BCUT2D eigenvalue weighted by Gasteiger charge is -2.14. The van der Waals surface area contributed by atoms with Crippen molar-refractivity contribution in [1.82, 2.24) is 0 Å². The fraction of sp³-hybridized carbons (Fsp3) is 0.600. The average molecular weight is 199 g/mol. The molecule has 0 aliphatic heterocycles. The summed E-state index contributed by atoms with van der Waals surface area (Å²) in [5.74, 6) is 0. The van der Waals surface area contributed by atoms with Gasteiger partial charge in [0.15, 0.2) is 0 Å². The average Bonchev–Trinajstić information content (AvgIpc) is 2.41. The summed E-state index contributed by atoms with van der Waals surface area (Å²) in [6.07, 6.45) is 0.0787. The van der Waals surface area contributed by atoms with Crippen LogP contribution in [0.3, 0.4) is 0 Å². The van der Waals surface area contributed by atoms with Crippen LogP contribution in [0.1, 0.15) is 28.3 Å². The van der Waals surface area contributed by atoms with E-state index in [1.54, 1.807) is 11.3 Å². The van der Waals surface area contributed by atoms with Crippen molar-refractivity contribution in [3.8, 4) is 0 Å². The molecule has 0 saturated carbocycles. The Morgan fingerprint density at radius 2 is 2.23 bits per heavy atom. The molecule has 2 nitrogen and oxygen atoms in total. The van der Waals surface area contributed by atoms with E-state index in [9.17, 15) is 0 Å². The van der Waals surface area contributed by atoms with E-state index in [4.69, 9.17) is 10.5 Å². The maximum absolute atomic E-state index is 5.65. The van der Waals surface area contributed by atoms with Gasteiger partial charge in [-0.25, -0.2) is 0 Å². The highest BCUT2D eigenvalue weighted by atomic mass is 32.1. The third-order valence-corrected chi connectivity index (χ3v) is 2.99. The zero-order chi connectivity index (χ0) is 9.84. The van der Waals surface area contributed by atoms with Crippen LogP contribution >= 0.6 is 11.3 Å². The molecule has 1 atom stereocenters. The van der Waals surface area contributed by atoms with Gasteiger partial charge in [0.05, 0.1) is 6.10 Å². The summed E-state index contributed by atoms with van der Waals surface area (Å²) in [6, 6.07) is 2.17. The molecule has 1 rings (SSSR count). The van der Waals surface area contributed by atoms with Crippen molar-refractivity contribution in [1.29, 1.82) is 0 Å². The monoisotopic (exact) mass is 199 g/mol. The van der Waals surface area contributed by atoms with Gasteiger partial charge in [-0.15, -0.1) is 11.3 Å². The Kier molecular flexibility index (Phi) is 3.90. The maximum atomic E-state index is 5.65. The first kappa shape index (κ1) is 10.7. The van der Waals surface area contributed by atoms with Gasteiger partial charge in [0.2, 0.25) is 0 Å². The smallest absolute Gasteiger partial charge is 0.0957 e. The van der Waals surface area contributed by atoms with Gasteiger partial charge < -0.3 is 10.5 Å². The van der Waals surface area contributed by atoms with E-state index in [1.165, 1.54) is 15.3 Å². The van der Waals surface area contributed by atoms with Crippen molar-refractivity contribution in [3.63, 3.8) is 0 Å². The van der Waals surface area contributed by atoms with Crippen molar-refractivity contribution in [2.24, 2.45) is 5.73 Å². The highest BCUT2D eigenvalue weighted by molar-refractivity contribution is 7.12. The second kappa shape index (κ2) is 4.74. The molecule has 13 heavy (non-hydrogen) atoms. The first-order valence-electron chi connectivity index (χ1n) is 4.57. The van der Waals surface area contributed by atoms with Gasteiger partial charge in [0.1, 0.15) is 0 Å². The number of ether oxygens (including phenoxy) is 1. The van der Waals surface area contributed by atoms with E-state index in [1.807, 2.05) is 6.92 Å². The van der Waals surface area contributed by atoms with Gasteiger partial charge >= 0.3 is 0 Å². The van der Waals surface area contributed by atoms with Gasteiger partial charge in [-0.3, -0.25) is 0 Å². The van der Waals surface area contributed by atoms with Gasteiger partial charge in [-0.2, -0.15) is 0 Å². The Morgan fingerprint density at radius 3 is 2.62 bits per heavy atom. The molecule has 0 aliphatic carbocycles. The highest BCUT2D eigenvalue weighted by Crippen LogP contribution is 2.27. The number of hydrogen-bond donors (Lipinski definition) is 1. The molecule has 0 fully saturated rings. The van der Waals surface area contributed by atoms with Crippen LogP contribution in [0.15, 0.2) is 6.07 Å². The van der Waals surface area contributed by atoms with Crippen LogP contribution in [0, 0.1) is 13.8 Å². The van der Waals surface area contributed by atoms with Crippen molar-refractivity contribution in [2.45, 2.75) is 26.9 Å². The summed E-state index contributed by atoms with van der Waals surface area (Å²) in [7, 11) is 0. The lowest BCUT2D eigenvalue weighted by molar-refractivity contribution is 0.0687. The molecule has 0 spiro atoms. The van der Waals surface area contributed by atoms with Crippen LogP contribution in [-0.4, -0.2) is 13.2 Å². The highest BCUT2D eigenvalue weighted by Gasteiger charge is 2.13. The van der Waals surface area contributed by atoms with Crippen LogP contribution in [-0.2, 0) is 4.74 Å². The molecule has 0 saturated heterocycles. The Hall–Kier alpha value is -0.380. The molecule has 1 unspecified atom stereocenters. The van der Waals surface area contributed by atoms with Crippen molar-refractivity contribution in [3.05, 3.63) is 21.4 Å². The largest absolute Gasteiger partial charge is 0.372 e. The Labute approximate surface area is 83.7 Å². The predicted octanol–water partition coefficient (Wildman–Crippen LogP) is 2.40. The van der Waals surface area contributed by atoms with Gasteiger partial charge in [0, 0.05) is 22.9 Å².